The van der Waals surface area contributed by atoms with Crippen molar-refractivity contribution >= 4 is 11.7 Å². The average Bonchev–Trinajstić information content (AvgIpc) is 2.62. The molecule has 0 aliphatic carbocycles. The standard InChI is InChI=1S/C21H26N2O2/c1-16-8-9-18(17(2)14-16)15-20(21(24)25)23-12-10-22(11-13-23)19-6-4-3-5-7-19/h3-9,14,20H,10-13,15H2,1-2H3,(H,24,25)/t20-/m1/s1. The summed E-state index contributed by atoms with van der Waals surface area (Å²) in [5.41, 5.74) is 4.73. The normalized spacial score (nSPS) is 16.6. The summed E-state index contributed by atoms with van der Waals surface area (Å²) in [5.74, 6) is -0.729. The van der Waals surface area contributed by atoms with E-state index in [9.17, 15) is 9.90 Å². The van der Waals surface area contributed by atoms with Crippen LogP contribution in [0.3, 0.4) is 0 Å². The first kappa shape index (κ1) is 17.5. The van der Waals surface area contributed by atoms with Crippen molar-refractivity contribution in [3.8, 4) is 0 Å². The van der Waals surface area contributed by atoms with E-state index in [2.05, 4.69) is 54.0 Å². The molecule has 4 nitrogen and oxygen atoms in total. The van der Waals surface area contributed by atoms with Crippen molar-refractivity contribution in [2.24, 2.45) is 0 Å². The van der Waals surface area contributed by atoms with Gasteiger partial charge < -0.3 is 10.0 Å². The smallest absolute Gasteiger partial charge is 0.321 e. The van der Waals surface area contributed by atoms with Crippen LogP contribution in [-0.4, -0.2) is 48.2 Å². The minimum absolute atomic E-state index is 0.459. The maximum atomic E-state index is 11.9. The highest BCUT2D eigenvalue weighted by Gasteiger charge is 2.29. The SMILES string of the molecule is Cc1ccc(C[C@H](C(=O)O)N2CCN(c3ccccc3)CC2)c(C)c1. The van der Waals surface area contributed by atoms with Crippen LogP contribution in [-0.2, 0) is 11.2 Å². The van der Waals surface area contributed by atoms with E-state index in [1.165, 1.54) is 16.8 Å². The van der Waals surface area contributed by atoms with Gasteiger partial charge in [0.1, 0.15) is 6.04 Å². The number of nitrogens with zero attached hydrogens (tertiary/aromatic N) is 2. The Balaban J connectivity index is 1.67. The van der Waals surface area contributed by atoms with Gasteiger partial charge in [-0.05, 0) is 43.5 Å². The minimum atomic E-state index is -0.729. The van der Waals surface area contributed by atoms with Gasteiger partial charge >= 0.3 is 5.97 Å². The molecule has 0 amide bonds. The number of carboxylic acids is 1. The molecule has 3 rings (SSSR count). The number of hydrogen-bond acceptors (Lipinski definition) is 3. The van der Waals surface area contributed by atoms with Crippen molar-refractivity contribution in [2.75, 3.05) is 31.1 Å². The first-order valence-electron chi connectivity index (χ1n) is 8.87. The van der Waals surface area contributed by atoms with Crippen molar-refractivity contribution in [2.45, 2.75) is 26.3 Å². The van der Waals surface area contributed by atoms with E-state index in [1.807, 2.05) is 18.2 Å². The Morgan fingerprint density at radius 3 is 2.32 bits per heavy atom. The second kappa shape index (κ2) is 7.70. The highest BCUT2D eigenvalue weighted by molar-refractivity contribution is 5.74. The zero-order chi connectivity index (χ0) is 17.8. The first-order chi connectivity index (χ1) is 12.0. The van der Waals surface area contributed by atoms with E-state index in [0.29, 0.717) is 6.42 Å². The Morgan fingerprint density at radius 1 is 1.04 bits per heavy atom. The highest BCUT2D eigenvalue weighted by Crippen LogP contribution is 2.20. The van der Waals surface area contributed by atoms with Crippen molar-refractivity contribution < 1.29 is 9.90 Å². The predicted molar refractivity (Wildman–Crippen MR) is 101 cm³/mol. The molecule has 0 saturated carbocycles. The summed E-state index contributed by atoms with van der Waals surface area (Å²) in [4.78, 5) is 16.3. The van der Waals surface area contributed by atoms with Gasteiger partial charge in [-0.3, -0.25) is 9.69 Å². The van der Waals surface area contributed by atoms with E-state index in [-0.39, 0.29) is 0 Å². The number of carboxylic acid groups (broad SMARTS) is 1. The van der Waals surface area contributed by atoms with Gasteiger partial charge in [-0.15, -0.1) is 0 Å². The van der Waals surface area contributed by atoms with E-state index in [4.69, 9.17) is 0 Å². The van der Waals surface area contributed by atoms with Crippen molar-refractivity contribution in [3.05, 3.63) is 65.2 Å². The molecule has 4 heteroatoms. The quantitative estimate of drug-likeness (QED) is 0.910. The average molecular weight is 338 g/mol. The molecule has 1 atom stereocenters. The molecule has 2 aromatic rings. The zero-order valence-corrected chi connectivity index (χ0v) is 15.0. The Labute approximate surface area is 149 Å². The molecular weight excluding hydrogens is 312 g/mol. The van der Waals surface area contributed by atoms with Crippen LogP contribution < -0.4 is 4.90 Å². The highest BCUT2D eigenvalue weighted by atomic mass is 16.4. The third kappa shape index (κ3) is 4.20. The molecule has 25 heavy (non-hydrogen) atoms. The summed E-state index contributed by atoms with van der Waals surface area (Å²) in [7, 11) is 0. The predicted octanol–water partition coefficient (Wildman–Crippen LogP) is 3.12. The molecule has 1 heterocycles. The van der Waals surface area contributed by atoms with Gasteiger partial charge in [0.2, 0.25) is 0 Å². The molecule has 1 N–H and O–H groups in total. The lowest BCUT2D eigenvalue weighted by Crippen LogP contribution is -2.53. The summed E-state index contributed by atoms with van der Waals surface area (Å²) in [5, 5.41) is 9.76. The fourth-order valence-corrected chi connectivity index (χ4v) is 3.59. The molecule has 132 valence electrons. The Morgan fingerprint density at radius 2 is 1.72 bits per heavy atom. The minimum Gasteiger partial charge on any atom is -0.480 e. The van der Waals surface area contributed by atoms with Gasteiger partial charge in [0.05, 0.1) is 0 Å². The van der Waals surface area contributed by atoms with Gasteiger partial charge in [-0.1, -0.05) is 42.0 Å². The Hall–Kier alpha value is -2.33. The number of para-hydroxylation sites is 1. The number of anilines is 1. The Kier molecular flexibility index (Phi) is 5.39. The lowest BCUT2D eigenvalue weighted by molar-refractivity contribution is -0.143. The summed E-state index contributed by atoms with van der Waals surface area (Å²) in [6.45, 7) is 7.40. The number of piperazine rings is 1. The lowest BCUT2D eigenvalue weighted by atomic mass is 9.98. The summed E-state index contributed by atoms with van der Waals surface area (Å²) >= 11 is 0. The third-order valence-electron chi connectivity index (χ3n) is 5.07. The van der Waals surface area contributed by atoms with Crippen molar-refractivity contribution in [1.29, 1.82) is 0 Å². The first-order valence-corrected chi connectivity index (χ1v) is 8.87. The van der Waals surface area contributed by atoms with Crippen LogP contribution in [0, 0.1) is 13.8 Å². The Bertz CT molecular complexity index is 722. The van der Waals surface area contributed by atoms with E-state index in [0.717, 1.165) is 31.7 Å². The lowest BCUT2D eigenvalue weighted by Gasteiger charge is -2.39. The molecular formula is C21H26N2O2. The third-order valence-corrected chi connectivity index (χ3v) is 5.07. The molecule has 1 aliphatic heterocycles. The second-order valence-electron chi connectivity index (χ2n) is 6.85. The molecule has 1 saturated heterocycles. The number of aryl methyl sites for hydroxylation is 2. The maximum absolute atomic E-state index is 11.9. The van der Waals surface area contributed by atoms with Crippen molar-refractivity contribution in [1.82, 2.24) is 4.90 Å². The summed E-state index contributed by atoms with van der Waals surface area (Å²) in [6.07, 6.45) is 0.562. The van der Waals surface area contributed by atoms with Crippen LogP contribution in [0.15, 0.2) is 48.5 Å². The molecule has 1 fully saturated rings. The van der Waals surface area contributed by atoms with Gasteiger partial charge in [-0.25, -0.2) is 0 Å². The summed E-state index contributed by atoms with van der Waals surface area (Å²) in [6, 6.07) is 16.1. The van der Waals surface area contributed by atoms with Crippen LogP contribution in [0.5, 0.6) is 0 Å². The van der Waals surface area contributed by atoms with Crippen LogP contribution in [0.1, 0.15) is 16.7 Å². The van der Waals surface area contributed by atoms with Crippen LogP contribution in [0.2, 0.25) is 0 Å². The van der Waals surface area contributed by atoms with Crippen LogP contribution in [0.25, 0.3) is 0 Å². The van der Waals surface area contributed by atoms with E-state index < -0.39 is 12.0 Å². The van der Waals surface area contributed by atoms with Gasteiger partial charge in [0.15, 0.2) is 0 Å². The molecule has 0 bridgehead atoms. The molecule has 1 aliphatic rings. The topological polar surface area (TPSA) is 43.8 Å². The number of carbonyl (C=O) groups is 1. The fourth-order valence-electron chi connectivity index (χ4n) is 3.59. The fraction of sp³-hybridized carbons (Fsp3) is 0.381. The molecule has 0 unspecified atom stereocenters. The van der Waals surface area contributed by atoms with E-state index in [1.54, 1.807) is 0 Å². The van der Waals surface area contributed by atoms with Gasteiger partial charge in [0, 0.05) is 31.9 Å². The van der Waals surface area contributed by atoms with Gasteiger partial charge in [0.25, 0.3) is 0 Å². The number of benzene rings is 2. The van der Waals surface area contributed by atoms with Crippen molar-refractivity contribution in [3.63, 3.8) is 0 Å². The number of aliphatic carboxylic acids is 1. The number of hydrogen-bond donors (Lipinski definition) is 1. The van der Waals surface area contributed by atoms with Crippen LogP contribution in [0.4, 0.5) is 5.69 Å². The van der Waals surface area contributed by atoms with Gasteiger partial charge in [-0.2, -0.15) is 0 Å². The molecule has 2 aromatic carbocycles. The largest absolute Gasteiger partial charge is 0.480 e. The summed E-state index contributed by atoms with van der Waals surface area (Å²) < 4.78 is 0. The number of rotatable bonds is 5. The molecule has 0 radical (unpaired) electrons. The maximum Gasteiger partial charge on any atom is 0.321 e. The monoisotopic (exact) mass is 338 g/mol. The zero-order valence-electron chi connectivity index (χ0n) is 15.0. The second-order valence-corrected chi connectivity index (χ2v) is 6.85. The molecule has 0 aromatic heterocycles. The van der Waals surface area contributed by atoms with Crippen LogP contribution >= 0.6 is 0 Å². The van der Waals surface area contributed by atoms with E-state index >= 15 is 0 Å². The molecule has 0 spiro atoms.